The summed E-state index contributed by atoms with van der Waals surface area (Å²) in [6, 6.07) is 124. The topological polar surface area (TPSA) is 251 Å². The van der Waals surface area contributed by atoms with Gasteiger partial charge < -0.3 is 85.3 Å². The first-order valence-corrected chi connectivity index (χ1v) is 46.7. The van der Waals surface area contributed by atoms with Crippen molar-refractivity contribution in [1.29, 1.82) is 0 Å². The summed E-state index contributed by atoms with van der Waals surface area (Å²) in [5, 5.41) is 0. The minimum Gasteiger partial charge on any atom is -0.485 e. The fraction of sp³-hybridized carbons (Fsp3) is 0.158. The van der Waals surface area contributed by atoms with Gasteiger partial charge in [0.2, 0.25) is 35.4 Å². The van der Waals surface area contributed by atoms with E-state index in [-0.39, 0.29) is 171 Å². The summed E-state index contributed by atoms with van der Waals surface area (Å²) in [5.41, 5.74) is 8.17. The second kappa shape index (κ2) is 49.6. The SMILES string of the molecule is CC(=O)O[C@@H]1OC(COC(=O)c2cc(OCc3ccccc3)c(OCc3ccccc3)c(OCc3ccccc3)c2)[C@@H](OC(=O)c2cc(OCc3ccccc3)c(OCc3ccccc3)c(OCc3ccccc3)c2)C(OC(=O)c2cc(OCc3ccccc3)c(OCc3ccccc3)c(OCc3ccccc3)c2)[C@H]1OC(=O)c1cc(OCc2ccccc2)c(OCc2ccccc2)c(OCc2ccccc2)c1. The number of carbonyl (C=O) groups is 5. The molecular weight excluding hydrogens is 1810 g/mol. The van der Waals surface area contributed by atoms with E-state index < -0.39 is 67.2 Å². The normalized spacial score (nSPS) is 14.0. The second-order valence-electron chi connectivity index (χ2n) is 33.4. The molecule has 0 aliphatic carbocycles. The zero-order chi connectivity index (χ0) is 97.9. The fourth-order valence-corrected chi connectivity index (χ4v) is 15.5. The van der Waals surface area contributed by atoms with E-state index in [2.05, 4.69) is 0 Å². The molecule has 1 fully saturated rings. The van der Waals surface area contributed by atoms with Crippen molar-refractivity contribution in [3.8, 4) is 69.0 Å². The Hall–Kier alpha value is -17.6. The van der Waals surface area contributed by atoms with E-state index in [1.54, 1.807) is 0 Å². The second-order valence-corrected chi connectivity index (χ2v) is 33.4. The summed E-state index contributed by atoms with van der Waals surface area (Å²) in [7, 11) is 0. The van der Waals surface area contributed by atoms with Crippen molar-refractivity contribution in [2.45, 2.75) is 117 Å². The highest BCUT2D eigenvalue weighted by Gasteiger charge is 2.55. The van der Waals surface area contributed by atoms with Crippen molar-refractivity contribution in [1.82, 2.24) is 0 Å². The molecule has 0 N–H and O–H groups in total. The van der Waals surface area contributed by atoms with Crippen molar-refractivity contribution in [3.05, 3.63) is 502 Å². The fourth-order valence-electron chi connectivity index (χ4n) is 15.5. The number of esters is 5. The predicted molar refractivity (Wildman–Crippen MR) is 533 cm³/mol. The summed E-state index contributed by atoms with van der Waals surface area (Å²) in [6.45, 7) is -0.181. The molecule has 1 aliphatic rings. The van der Waals surface area contributed by atoms with Crippen molar-refractivity contribution in [2.24, 2.45) is 0 Å². The van der Waals surface area contributed by atoms with Gasteiger partial charge in [0.25, 0.3) is 0 Å². The molecule has 23 heteroatoms. The molecule has 720 valence electrons. The van der Waals surface area contributed by atoms with Crippen LogP contribution in [0.15, 0.2) is 413 Å². The van der Waals surface area contributed by atoms with Crippen LogP contribution >= 0.6 is 0 Å². The monoisotopic (exact) mass is 1910 g/mol. The highest BCUT2D eigenvalue weighted by atomic mass is 16.7. The Labute approximate surface area is 828 Å². The first kappa shape index (κ1) is 97.1. The molecule has 1 aliphatic heterocycles. The maximum Gasteiger partial charge on any atom is 0.339 e. The van der Waals surface area contributed by atoms with Crippen molar-refractivity contribution < 1.29 is 109 Å². The maximum atomic E-state index is 16.8. The van der Waals surface area contributed by atoms with Crippen LogP contribution in [-0.4, -0.2) is 67.2 Å². The van der Waals surface area contributed by atoms with Gasteiger partial charge in [0.15, 0.2) is 58.2 Å². The Bertz CT molecular complexity index is 6550. The van der Waals surface area contributed by atoms with E-state index in [9.17, 15) is 4.79 Å². The molecule has 1 saturated heterocycles. The van der Waals surface area contributed by atoms with Crippen molar-refractivity contribution >= 4 is 29.8 Å². The van der Waals surface area contributed by atoms with Gasteiger partial charge in [-0.2, -0.15) is 0 Å². The number of ether oxygens (including phenoxy) is 18. The molecule has 0 spiro atoms. The van der Waals surface area contributed by atoms with E-state index in [0.717, 1.165) is 73.7 Å². The van der Waals surface area contributed by atoms with Crippen LogP contribution in [0.2, 0.25) is 0 Å². The van der Waals surface area contributed by atoms with E-state index in [1.165, 1.54) is 48.5 Å². The molecule has 17 rings (SSSR count). The van der Waals surface area contributed by atoms with Gasteiger partial charge in [-0.1, -0.05) is 364 Å². The maximum absolute atomic E-state index is 16.8. The van der Waals surface area contributed by atoms with Gasteiger partial charge in [-0.15, -0.1) is 0 Å². The minimum atomic E-state index is -2.24. The third-order valence-electron chi connectivity index (χ3n) is 22.8. The molecule has 143 heavy (non-hydrogen) atoms. The number of hydrogen-bond acceptors (Lipinski definition) is 23. The number of carbonyl (C=O) groups excluding carboxylic acids is 5. The molecule has 2 unspecified atom stereocenters. The molecule has 5 atom stereocenters. The van der Waals surface area contributed by atoms with E-state index in [0.29, 0.717) is 0 Å². The van der Waals surface area contributed by atoms with E-state index >= 15 is 19.2 Å². The molecule has 0 saturated carbocycles. The Balaban J connectivity index is 0.837. The molecule has 1 heterocycles. The molecule has 0 aromatic heterocycles. The number of rotatable bonds is 46. The van der Waals surface area contributed by atoms with Crippen molar-refractivity contribution in [3.63, 3.8) is 0 Å². The minimum absolute atomic E-state index is 0.000571. The van der Waals surface area contributed by atoms with Gasteiger partial charge in [0.05, 0.1) is 22.3 Å². The average molecular weight is 1910 g/mol. The number of benzene rings is 16. The summed E-state index contributed by atoms with van der Waals surface area (Å²) in [5.74, 6) is -5.08. The molecule has 0 amide bonds. The van der Waals surface area contributed by atoms with Gasteiger partial charge in [-0.3, -0.25) is 4.79 Å². The molecule has 0 bridgehead atoms. The lowest BCUT2D eigenvalue weighted by Gasteiger charge is -2.43. The third-order valence-corrected chi connectivity index (χ3v) is 22.8. The van der Waals surface area contributed by atoms with Crippen LogP contribution in [0.25, 0.3) is 0 Å². The van der Waals surface area contributed by atoms with Gasteiger partial charge in [-0.25, -0.2) is 19.2 Å². The lowest BCUT2D eigenvalue weighted by molar-refractivity contribution is -0.289. The lowest BCUT2D eigenvalue weighted by atomic mass is 9.97. The van der Waals surface area contributed by atoms with Gasteiger partial charge in [0.1, 0.15) is 92.0 Å². The Morgan fingerprint density at radius 1 is 0.203 bits per heavy atom. The summed E-state index contributed by atoms with van der Waals surface area (Å²) < 4.78 is 121. The molecule has 0 radical (unpaired) electrons. The summed E-state index contributed by atoms with van der Waals surface area (Å²) in [4.78, 5) is 80.2. The van der Waals surface area contributed by atoms with Gasteiger partial charge in [0, 0.05) is 6.92 Å². The summed E-state index contributed by atoms with van der Waals surface area (Å²) >= 11 is 0. The Morgan fingerprint density at radius 3 is 0.559 bits per heavy atom. The Morgan fingerprint density at radius 2 is 0.371 bits per heavy atom. The molecule has 16 aromatic rings. The Kier molecular flexibility index (Phi) is 33.7. The van der Waals surface area contributed by atoms with Crippen LogP contribution in [-0.2, 0) is 112 Å². The number of hydrogen-bond donors (Lipinski definition) is 0. The quantitative estimate of drug-likeness (QED) is 0.0254. The highest BCUT2D eigenvalue weighted by Crippen LogP contribution is 2.47. The van der Waals surface area contributed by atoms with Crippen LogP contribution in [0.3, 0.4) is 0 Å². The smallest absolute Gasteiger partial charge is 0.339 e. The van der Waals surface area contributed by atoms with Crippen LogP contribution in [0.4, 0.5) is 0 Å². The largest absolute Gasteiger partial charge is 0.485 e. The molecular formula is C120H102O23. The predicted octanol–water partition coefficient (Wildman–Crippen LogP) is 23.8. The first-order valence-electron chi connectivity index (χ1n) is 46.7. The van der Waals surface area contributed by atoms with Crippen LogP contribution in [0.5, 0.6) is 69.0 Å². The summed E-state index contributed by atoms with van der Waals surface area (Å²) in [6.07, 6.45) is -10.7. The van der Waals surface area contributed by atoms with Gasteiger partial charge in [-0.05, 0) is 115 Å². The first-order chi connectivity index (χ1) is 70.3. The van der Waals surface area contributed by atoms with Crippen LogP contribution in [0, 0.1) is 0 Å². The standard InChI is InChI=1S/C120H102O23/c1-83(121)139-120-115(143-119(125)99-68-106(132-76-90-50-26-8-27-51-90)112(137-81-95-60-36-13-37-61-95)107(69-99)133-77-91-52-28-9-29-53-91)114(142-118(124)98-66-104(130-74-88-46-22-6-23-47-88)111(136-80-94-58-34-12-35-59-94)105(67-98)131-75-89-48-24-7-25-49-89)113(141-117(123)97-64-102(128-72-86-42-18-4-19-43-86)110(135-79-93-56-32-11-33-57-93)103(65-97)129-73-87-44-20-5-21-45-87)108(140-120)82-138-116(122)96-62-100(126-70-84-38-14-2-15-39-84)109(134-78-92-54-30-10-31-55-92)101(63-96)127-71-85-40-16-3-17-41-85/h2-69,108,113-115,120H,70-82H2,1H3/t108?,113-,114?,115-,120-/m1/s1. The lowest BCUT2D eigenvalue weighted by Crippen LogP contribution is -2.63. The highest BCUT2D eigenvalue weighted by molar-refractivity contribution is 5.94. The van der Waals surface area contributed by atoms with Crippen LogP contribution < -0.4 is 56.8 Å². The van der Waals surface area contributed by atoms with E-state index in [1.807, 2.05) is 364 Å². The molecule has 16 aromatic carbocycles. The zero-order valence-corrected chi connectivity index (χ0v) is 78.2. The van der Waals surface area contributed by atoms with Crippen molar-refractivity contribution in [2.75, 3.05) is 6.61 Å². The molecule has 23 nitrogen and oxygen atoms in total. The average Bonchev–Trinajstić information content (AvgIpc) is 0.764. The third kappa shape index (κ3) is 27.7. The van der Waals surface area contributed by atoms with Crippen LogP contribution in [0.1, 0.15) is 115 Å². The van der Waals surface area contributed by atoms with E-state index in [4.69, 9.17) is 85.3 Å². The zero-order valence-electron chi connectivity index (χ0n) is 78.2. The van der Waals surface area contributed by atoms with Gasteiger partial charge >= 0.3 is 29.8 Å².